The molecule has 3 nitrogen and oxygen atoms in total. The van der Waals surface area contributed by atoms with Crippen LogP contribution in [0.4, 0.5) is 4.39 Å². The van der Waals surface area contributed by atoms with Gasteiger partial charge in [0, 0.05) is 16.5 Å². The van der Waals surface area contributed by atoms with E-state index >= 15 is 0 Å². The molecule has 0 saturated heterocycles. The minimum Gasteiger partial charge on any atom is -0.496 e. The van der Waals surface area contributed by atoms with Crippen LogP contribution >= 0.6 is 23.2 Å². The van der Waals surface area contributed by atoms with E-state index in [0.717, 1.165) is 0 Å². The van der Waals surface area contributed by atoms with Gasteiger partial charge in [-0.15, -0.1) is 0 Å². The summed E-state index contributed by atoms with van der Waals surface area (Å²) in [6.07, 6.45) is 0. The van der Waals surface area contributed by atoms with Gasteiger partial charge in [0.15, 0.2) is 5.82 Å². The Hall–Kier alpha value is -1.91. The van der Waals surface area contributed by atoms with Gasteiger partial charge in [0.25, 0.3) is 0 Å². The number of nitrogens with zero attached hydrogens (tertiary/aromatic N) is 2. The molecular formula is C15H9Cl2FN2O. The molecule has 2 aromatic carbocycles. The van der Waals surface area contributed by atoms with Crippen LogP contribution in [0.1, 0.15) is 0 Å². The van der Waals surface area contributed by atoms with Crippen molar-refractivity contribution < 1.29 is 9.13 Å². The van der Waals surface area contributed by atoms with E-state index in [-0.39, 0.29) is 11.0 Å². The summed E-state index contributed by atoms with van der Waals surface area (Å²) in [7, 11) is 1.53. The number of hydrogen-bond donors (Lipinski definition) is 0. The van der Waals surface area contributed by atoms with Gasteiger partial charge in [-0.2, -0.15) is 0 Å². The summed E-state index contributed by atoms with van der Waals surface area (Å²) >= 11 is 12.1. The van der Waals surface area contributed by atoms with E-state index in [1.54, 1.807) is 24.3 Å². The lowest BCUT2D eigenvalue weighted by Gasteiger charge is -2.09. The summed E-state index contributed by atoms with van der Waals surface area (Å²) in [4.78, 5) is 8.60. The van der Waals surface area contributed by atoms with Crippen molar-refractivity contribution in [1.29, 1.82) is 0 Å². The predicted molar refractivity (Wildman–Crippen MR) is 81.5 cm³/mol. The average molecular weight is 323 g/mol. The van der Waals surface area contributed by atoms with Crippen molar-refractivity contribution in [2.24, 2.45) is 0 Å². The molecule has 0 N–H and O–H groups in total. The predicted octanol–water partition coefficient (Wildman–Crippen LogP) is 4.75. The summed E-state index contributed by atoms with van der Waals surface area (Å²) in [5.74, 6) is 0.493. The molecule has 0 bridgehead atoms. The molecule has 3 aromatic rings. The third-order valence-corrected chi connectivity index (χ3v) is 3.54. The fourth-order valence-corrected chi connectivity index (χ4v) is 2.44. The molecule has 0 aliphatic carbocycles. The average Bonchev–Trinajstić information content (AvgIpc) is 2.46. The smallest absolute Gasteiger partial charge is 0.165 e. The fourth-order valence-electron chi connectivity index (χ4n) is 2.03. The van der Waals surface area contributed by atoms with E-state index in [0.29, 0.717) is 33.1 Å². The van der Waals surface area contributed by atoms with Gasteiger partial charge in [-0.3, -0.25) is 0 Å². The van der Waals surface area contributed by atoms with Crippen molar-refractivity contribution in [2.75, 3.05) is 7.11 Å². The Bertz CT molecular complexity index is 839. The van der Waals surface area contributed by atoms with Crippen molar-refractivity contribution in [1.82, 2.24) is 9.97 Å². The molecule has 0 unspecified atom stereocenters. The van der Waals surface area contributed by atoms with Gasteiger partial charge >= 0.3 is 0 Å². The van der Waals surface area contributed by atoms with Crippen LogP contribution in [0.2, 0.25) is 10.2 Å². The SMILES string of the molecule is COc1cc(Cl)ccc1-c1nc(Cl)c2ccc(F)cc2n1. The molecule has 3 rings (SSSR count). The minimum atomic E-state index is -0.383. The van der Waals surface area contributed by atoms with E-state index in [1.165, 1.54) is 19.2 Å². The number of aromatic nitrogens is 2. The van der Waals surface area contributed by atoms with Crippen LogP contribution < -0.4 is 4.74 Å². The lowest BCUT2D eigenvalue weighted by molar-refractivity contribution is 0.416. The number of fused-ring (bicyclic) bond motifs is 1. The first-order valence-electron chi connectivity index (χ1n) is 6.05. The van der Waals surface area contributed by atoms with Gasteiger partial charge in [0.05, 0.1) is 18.2 Å². The molecule has 1 aromatic heterocycles. The largest absolute Gasteiger partial charge is 0.496 e. The molecule has 0 aliphatic heterocycles. The van der Waals surface area contributed by atoms with Gasteiger partial charge in [-0.25, -0.2) is 14.4 Å². The number of benzene rings is 2. The first-order chi connectivity index (χ1) is 10.1. The Morgan fingerprint density at radius 3 is 2.62 bits per heavy atom. The minimum absolute atomic E-state index is 0.256. The number of methoxy groups -OCH3 is 1. The first-order valence-corrected chi connectivity index (χ1v) is 6.81. The van der Waals surface area contributed by atoms with Gasteiger partial charge in [-0.05, 0) is 30.3 Å². The highest BCUT2D eigenvalue weighted by molar-refractivity contribution is 6.34. The lowest BCUT2D eigenvalue weighted by atomic mass is 10.1. The molecule has 0 amide bonds. The molecule has 0 fully saturated rings. The maximum atomic E-state index is 13.4. The van der Waals surface area contributed by atoms with Crippen molar-refractivity contribution in [3.05, 3.63) is 52.4 Å². The molecule has 0 saturated carbocycles. The van der Waals surface area contributed by atoms with E-state index in [4.69, 9.17) is 27.9 Å². The first kappa shape index (κ1) is 14.0. The highest BCUT2D eigenvalue weighted by Gasteiger charge is 2.13. The summed E-state index contributed by atoms with van der Waals surface area (Å²) in [6.45, 7) is 0. The molecule has 1 heterocycles. The maximum Gasteiger partial charge on any atom is 0.165 e. The van der Waals surface area contributed by atoms with Crippen LogP contribution in [-0.2, 0) is 0 Å². The van der Waals surface area contributed by atoms with Crippen LogP contribution in [0.5, 0.6) is 5.75 Å². The monoisotopic (exact) mass is 322 g/mol. The van der Waals surface area contributed by atoms with Crippen LogP contribution in [0.3, 0.4) is 0 Å². The molecule has 6 heteroatoms. The second-order valence-corrected chi connectivity index (χ2v) is 5.14. The van der Waals surface area contributed by atoms with Crippen LogP contribution in [0, 0.1) is 5.82 Å². The topological polar surface area (TPSA) is 35.0 Å². The second-order valence-electron chi connectivity index (χ2n) is 4.34. The highest BCUT2D eigenvalue weighted by atomic mass is 35.5. The van der Waals surface area contributed by atoms with Gasteiger partial charge in [-0.1, -0.05) is 23.2 Å². The number of rotatable bonds is 2. The van der Waals surface area contributed by atoms with E-state index in [2.05, 4.69) is 9.97 Å². The van der Waals surface area contributed by atoms with E-state index < -0.39 is 0 Å². The quantitative estimate of drug-likeness (QED) is 0.638. The zero-order valence-electron chi connectivity index (χ0n) is 10.9. The third-order valence-electron chi connectivity index (χ3n) is 3.02. The van der Waals surface area contributed by atoms with Gasteiger partial charge in [0.2, 0.25) is 0 Å². The van der Waals surface area contributed by atoms with Crippen molar-refractivity contribution in [3.63, 3.8) is 0 Å². The molecular weight excluding hydrogens is 314 g/mol. The number of halogens is 3. The van der Waals surface area contributed by atoms with E-state index in [9.17, 15) is 4.39 Å². The summed E-state index contributed by atoms with van der Waals surface area (Å²) in [5, 5.41) is 1.38. The Morgan fingerprint density at radius 1 is 1.05 bits per heavy atom. The molecule has 0 spiro atoms. The number of ether oxygens (including phenoxy) is 1. The molecule has 106 valence electrons. The maximum absolute atomic E-state index is 13.4. The summed E-state index contributed by atoms with van der Waals surface area (Å²) in [5.41, 5.74) is 1.07. The molecule has 0 atom stereocenters. The van der Waals surface area contributed by atoms with Crippen LogP contribution in [0.25, 0.3) is 22.3 Å². The Labute approximate surface area is 130 Å². The zero-order valence-corrected chi connectivity index (χ0v) is 12.4. The molecule has 0 aliphatic rings. The van der Waals surface area contributed by atoms with Crippen LogP contribution in [0.15, 0.2) is 36.4 Å². The van der Waals surface area contributed by atoms with Crippen LogP contribution in [-0.4, -0.2) is 17.1 Å². The van der Waals surface area contributed by atoms with Crippen molar-refractivity contribution in [3.8, 4) is 17.1 Å². The second kappa shape index (κ2) is 5.47. The van der Waals surface area contributed by atoms with Gasteiger partial charge < -0.3 is 4.74 Å². The Kier molecular flexibility index (Phi) is 3.66. The molecule has 21 heavy (non-hydrogen) atoms. The fraction of sp³-hybridized carbons (Fsp3) is 0.0667. The molecule has 0 radical (unpaired) electrons. The van der Waals surface area contributed by atoms with Crippen molar-refractivity contribution in [2.45, 2.75) is 0 Å². The number of hydrogen-bond acceptors (Lipinski definition) is 3. The van der Waals surface area contributed by atoms with E-state index in [1.807, 2.05) is 0 Å². The summed E-state index contributed by atoms with van der Waals surface area (Å²) < 4.78 is 18.6. The highest BCUT2D eigenvalue weighted by Crippen LogP contribution is 2.32. The third kappa shape index (κ3) is 2.64. The lowest BCUT2D eigenvalue weighted by Crippen LogP contribution is -1.95. The van der Waals surface area contributed by atoms with Crippen molar-refractivity contribution >= 4 is 34.1 Å². The zero-order chi connectivity index (χ0) is 15.0. The Balaban J connectivity index is 2.25. The normalized spacial score (nSPS) is 10.9. The Morgan fingerprint density at radius 2 is 1.86 bits per heavy atom. The van der Waals surface area contributed by atoms with Gasteiger partial charge in [0.1, 0.15) is 16.7 Å². The standard InChI is InChI=1S/C15H9Cl2FN2O/c1-21-13-6-8(16)2-4-11(13)15-19-12-7-9(18)3-5-10(12)14(17)20-15/h2-7H,1H3. The summed E-state index contributed by atoms with van der Waals surface area (Å²) in [6, 6.07) is 9.28.